The van der Waals surface area contributed by atoms with Crippen LogP contribution in [0.3, 0.4) is 0 Å². The summed E-state index contributed by atoms with van der Waals surface area (Å²) in [6.45, 7) is 5.98. The highest BCUT2D eigenvalue weighted by molar-refractivity contribution is 6.87. The first-order valence-corrected chi connectivity index (χ1v) is 9.84. The van der Waals surface area contributed by atoms with E-state index in [9.17, 15) is 0 Å². The molecular formula is C9H18O3Si3. The third-order valence-corrected chi connectivity index (χ3v) is 10.8. The fraction of sp³-hybridized carbons (Fsp3) is 0.333. The molecule has 1 rings (SSSR count). The highest BCUT2D eigenvalue weighted by Gasteiger charge is 2.38. The van der Waals surface area contributed by atoms with Crippen LogP contribution in [0.25, 0.3) is 0 Å². The minimum absolute atomic E-state index is 0.859. The average Bonchev–Trinajstić information content (AvgIpc) is 2.19. The van der Waals surface area contributed by atoms with Crippen LogP contribution in [0, 0.1) is 0 Å². The zero-order valence-electron chi connectivity index (χ0n) is 9.47. The second-order valence-electron chi connectivity index (χ2n) is 3.16. The lowest BCUT2D eigenvalue weighted by Crippen LogP contribution is -2.51. The summed E-state index contributed by atoms with van der Waals surface area (Å²) < 4.78 is 17.4. The monoisotopic (exact) mass is 258 g/mol. The zero-order chi connectivity index (χ0) is 11.1. The minimum Gasteiger partial charge on any atom is -0.419 e. The second kappa shape index (κ2) is 6.36. The Balaban J connectivity index is 2.79. The predicted molar refractivity (Wildman–Crippen MR) is 69.1 cm³/mol. The lowest BCUT2D eigenvalue weighted by atomic mass is 10.8. The van der Waals surface area contributed by atoms with E-state index in [0.29, 0.717) is 0 Å². The summed E-state index contributed by atoms with van der Waals surface area (Å²) in [6, 6.07) is 0. The first-order chi connectivity index (χ1) is 7.26. The topological polar surface area (TPSA) is 27.7 Å². The number of allylic oxidation sites excluding steroid dienone is 3. The molecule has 3 nitrogen and oxygen atoms in total. The lowest BCUT2D eigenvalue weighted by Gasteiger charge is -2.33. The van der Waals surface area contributed by atoms with Gasteiger partial charge in [0.2, 0.25) is 0 Å². The van der Waals surface area contributed by atoms with Crippen molar-refractivity contribution in [2.24, 2.45) is 0 Å². The second-order valence-corrected chi connectivity index (χ2v) is 10.1. The third kappa shape index (κ3) is 3.67. The van der Waals surface area contributed by atoms with E-state index in [1.54, 1.807) is 0 Å². The molecule has 1 fully saturated rings. The molecule has 1 unspecified atom stereocenters. The summed E-state index contributed by atoms with van der Waals surface area (Å²) in [7, 11) is -4.66. The summed E-state index contributed by atoms with van der Waals surface area (Å²) in [6.07, 6.45) is 6.02. The quantitative estimate of drug-likeness (QED) is 0.709. The fourth-order valence-electron chi connectivity index (χ4n) is 1.39. The van der Waals surface area contributed by atoms with Crippen molar-refractivity contribution in [2.45, 2.75) is 20.8 Å². The molecule has 1 aliphatic heterocycles. The fourth-order valence-corrected chi connectivity index (χ4v) is 10.3. The zero-order valence-corrected chi connectivity index (χ0v) is 13.0. The predicted octanol–water partition coefficient (Wildman–Crippen LogP) is 1.06. The Labute approximate surface area is 96.6 Å². The Morgan fingerprint density at radius 1 is 1.07 bits per heavy atom. The van der Waals surface area contributed by atoms with E-state index in [2.05, 4.69) is 17.1 Å². The van der Waals surface area contributed by atoms with Gasteiger partial charge in [-0.2, -0.15) is 0 Å². The van der Waals surface area contributed by atoms with Gasteiger partial charge in [0.15, 0.2) is 0 Å². The molecule has 0 aliphatic carbocycles. The molecule has 84 valence electrons. The van der Waals surface area contributed by atoms with E-state index < -0.39 is 27.9 Å². The molecule has 1 atom stereocenters. The van der Waals surface area contributed by atoms with Gasteiger partial charge in [0.1, 0.15) is 0 Å². The van der Waals surface area contributed by atoms with Crippen molar-refractivity contribution in [3.63, 3.8) is 0 Å². The Kier molecular flexibility index (Phi) is 5.43. The molecule has 1 aliphatic rings. The van der Waals surface area contributed by atoms with Crippen molar-refractivity contribution in [1.29, 1.82) is 0 Å². The van der Waals surface area contributed by atoms with E-state index in [1.165, 1.54) is 0 Å². The molecular weight excluding hydrogens is 240 g/mol. The normalized spacial score (nSPS) is 35.0. The van der Waals surface area contributed by atoms with Crippen molar-refractivity contribution in [2.75, 3.05) is 0 Å². The van der Waals surface area contributed by atoms with Crippen molar-refractivity contribution in [1.82, 2.24) is 0 Å². The first-order valence-electron chi connectivity index (χ1n) is 5.10. The molecule has 6 heteroatoms. The van der Waals surface area contributed by atoms with E-state index in [-0.39, 0.29) is 0 Å². The largest absolute Gasteiger partial charge is 0.419 e. The van der Waals surface area contributed by atoms with Crippen molar-refractivity contribution in [3.8, 4) is 0 Å². The molecule has 0 N–H and O–H groups in total. The molecule has 0 radical (unpaired) electrons. The highest BCUT2D eigenvalue weighted by atomic mass is 28.5. The maximum Gasteiger partial charge on any atom is 0.373 e. The van der Waals surface area contributed by atoms with Gasteiger partial charge in [-0.1, -0.05) is 23.9 Å². The van der Waals surface area contributed by atoms with Crippen LogP contribution in [-0.4, -0.2) is 27.9 Å². The van der Waals surface area contributed by atoms with Gasteiger partial charge in [-0.05, 0) is 32.2 Å². The molecule has 1 heterocycles. The molecule has 15 heavy (non-hydrogen) atoms. The Morgan fingerprint density at radius 3 is 2.27 bits per heavy atom. The van der Waals surface area contributed by atoms with Crippen LogP contribution in [0.1, 0.15) is 20.8 Å². The first kappa shape index (κ1) is 12.8. The standard InChI is InChI=1S/C9H18O3Si3/c1-4-7-14-10-13-11-15(12-14,8-5-2)9-6-3/h4-9,14H,13H2,1-3H3. The third-order valence-electron chi connectivity index (χ3n) is 1.96. The molecule has 0 aromatic heterocycles. The van der Waals surface area contributed by atoms with E-state index >= 15 is 0 Å². The average molecular weight is 258 g/mol. The van der Waals surface area contributed by atoms with Gasteiger partial charge < -0.3 is 12.3 Å². The maximum atomic E-state index is 6.00. The van der Waals surface area contributed by atoms with Gasteiger partial charge in [-0.15, -0.1) is 0 Å². The van der Waals surface area contributed by atoms with Crippen molar-refractivity contribution < 1.29 is 12.3 Å². The number of hydrogen-bond acceptors (Lipinski definition) is 3. The summed E-state index contributed by atoms with van der Waals surface area (Å²) in [4.78, 5) is 0. The SMILES string of the molecule is CC=C[SiH]1O[SiH2]O[Si](C=CC)(C=CC)O1. The Bertz CT molecular complexity index is 264. The van der Waals surface area contributed by atoms with Gasteiger partial charge in [0, 0.05) is 0 Å². The van der Waals surface area contributed by atoms with Crippen LogP contribution in [0.15, 0.2) is 35.3 Å². The van der Waals surface area contributed by atoms with Crippen LogP contribution >= 0.6 is 0 Å². The van der Waals surface area contributed by atoms with E-state index in [1.807, 2.05) is 39.0 Å². The lowest BCUT2D eigenvalue weighted by molar-refractivity contribution is 0.303. The molecule has 0 aromatic rings. The van der Waals surface area contributed by atoms with Crippen molar-refractivity contribution in [3.05, 3.63) is 35.3 Å². The van der Waals surface area contributed by atoms with Crippen LogP contribution in [0.4, 0.5) is 0 Å². The minimum atomic E-state index is -2.20. The van der Waals surface area contributed by atoms with Gasteiger partial charge >= 0.3 is 17.8 Å². The number of rotatable bonds is 3. The van der Waals surface area contributed by atoms with Gasteiger partial charge in [0.05, 0.1) is 0 Å². The molecule has 0 aromatic carbocycles. The van der Waals surface area contributed by atoms with E-state index in [4.69, 9.17) is 12.3 Å². The molecule has 0 saturated carbocycles. The van der Waals surface area contributed by atoms with Crippen LogP contribution in [-0.2, 0) is 12.3 Å². The van der Waals surface area contributed by atoms with Crippen LogP contribution < -0.4 is 0 Å². The van der Waals surface area contributed by atoms with Crippen LogP contribution in [0.5, 0.6) is 0 Å². The molecule has 0 spiro atoms. The maximum absolute atomic E-state index is 6.00. The van der Waals surface area contributed by atoms with Gasteiger partial charge in [0.25, 0.3) is 10.0 Å². The summed E-state index contributed by atoms with van der Waals surface area (Å²) in [5.74, 6) is 0. The highest BCUT2D eigenvalue weighted by Crippen LogP contribution is 2.18. The number of hydrogen-bond donors (Lipinski definition) is 0. The summed E-state index contributed by atoms with van der Waals surface area (Å²) in [5, 5.41) is 0. The Morgan fingerprint density at radius 2 is 1.73 bits per heavy atom. The Hall–Kier alpha value is -0.249. The van der Waals surface area contributed by atoms with Crippen LogP contribution in [0.2, 0.25) is 0 Å². The summed E-state index contributed by atoms with van der Waals surface area (Å²) in [5.41, 5.74) is 6.21. The van der Waals surface area contributed by atoms with E-state index in [0.717, 1.165) is 0 Å². The molecule has 0 bridgehead atoms. The molecule has 1 saturated heterocycles. The molecule has 0 amide bonds. The van der Waals surface area contributed by atoms with Crippen molar-refractivity contribution >= 4 is 27.9 Å². The smallest absolute Gasteiger partial charge is 0.373 e. The summed E-state index contributed by atoms with van der Waals surface area (Å²) >= 11 is 0. The van der Waals surface area contributed by atoms with Gasteiger partial charge in [-0.3, -0.25) is 0 Å². The van der Waals surface area contributed by atoms with Gasteiger partial charge in [-0.25, -0.2) is 0 Å².